The minimum absolute atomic E-state index is 0.0580. The number of nitrogens with zero attached hydrogens (tertiary/aromatic N) is 1. The van der Waals surface area contributed by atoms with Crippen molar-refractivity contribution in [2.75, 3.05) is 0 Å². The van der Waals surface area contributed by atoms with Crippen LogP contribution in [0.15, 0.2) is 5.38 Å². The van der Waals surface area contributed by atoms with Gasteiger partial charge in [-0.2, -0.15) is 8.78 Å². The second kappa shape index (κ2) is 2.42. The second-order valence-electron chi connectivity index (χ2n) is 5.55. The molecule has 82 valence electrons. The van der Waals surface area contributed by atoms with Crippen LogP contribution in [0.5, 0.6) is 0 Å². The van der Waals surface area contributed by atoms with E-state index in [2.05, 4.69) is 11.9 Å². The van der Waals surface area contributed by atoms with E-state index in [0.29, 0.717) is 5.41 Å². The van der Waals surface area contributed by atoms with Crippen LogP contribution in [0, 0.1) is 5.41 Å². The number of rotatable bonds is 2. The average molecular weight is 229 g/mol. The lowest BCUT2D eigenvalue weighted by Gasteiger charge is -2.68. The van der Waals surface area contributed by atoms with E-state index in [1.807, 2.05) is 0 Å². The molecule has 0 radical (unpaired) electrons. The van der Waals surface area contributed by atoms with Crippen LogP contribution in [0.2, 0.25) is 0 Å². The molecule has 1 aromatic heterocycles. The summed E-state index contributed by atoms with van der Waals surface area (Å²) in [5, 5.41) is 2.45. The van der Waals surface area contributed by atoms with E-state index in [1.165, 1.54) is 16.7 Å². The first kappa shape index (κ1) is 9.70. The molecule has 15 heavy (non-hydrogen) atoms. The van der Waals surface area contributed by atoms with E-state index in [-0.39, 0.29) is 11.1 Å². The summed E-state index contributed by atoms with van der Waals surface area (Å²) < 4.78 is 26.0. The first-order valence-corrected chi connectivity index (χ1v) is 6.05. The number of halogens is 2. The minimum atomic E-state index is -2.79. The molecule has 3 fully saturated rings. The number of alkyl halides is 2. The molecule has 0 saturated heterocycles. The van der Waals surface area contributed by atoms with Crippen LogP contribution in [-0.4, -0.2) is 4.98 Å². The number of hydrogen-bond donors (Lipinski definition) is 0. The molecule has 0 amide bonds. The predicted molar refractivity (Wildman–Crippen MR) is 55.3 cm³/mol. The Balaban J connectivity index is 1.87. The van der Waals surface area contributed by atoms with Gasteiger partial charge < -0.3 is 0 Å². The van der Waals surface area contributed by atoms with Crippen molar-refractivity contribution in [1.82, 2.24) is 4.98 Å². The highest BCUT2D eigenvalue weighted by atomic mass is 32.1. The Kier molecular flexibility index (Phi) is 1.56. The normalized spacial score (nSPS) is 38.4. The summed E-state index contributed by atoms with van der Waals surface area (Å²) in [5.41, 5.74) is 0.626. The lowest BCUT2D eigenvalue weighted by molar-refractivity contribution is -0.125. The second-order valence-corrected chi connectivity index (χ2v) is 6.41. The van der Waals surface area contributed by atoms with Crippen molar-refractivity contribution in [3.63, 3.8) is 0 Å². The van der Waals surface area contributed by atoms with Crippen molar-refractivity contribution in [1.29, 1.82) is 0 Å². The highest BCUT2D eigenvalue weighted by Gasteiger charge is 2.67. The van der Waals surface area contributed by atoms with Crippen LogP contribution in [0.25, 0.3) is 0 Å². The molecule has 3 aliphatic rings. The molecule has 0 aromatic carbocycles. The Bertz CT molecular complexity index is 399. The van der Waals surface area contributed by atoms with Gasteiger partial charge in [-0.1, -0.05) is 6.92 Å². The smallest absolute Gasteiger partial charge is 0.239 e. The summed E-state index contributed by atoms with van der Waals surface area (Å²) >= 11 is 1.40. The van der Waals surface area contributed by atoms with Crippen LogP contribution in [0.3, 0.4) is 0 Å². The van der Waals surface area contributed by atoms with Gasteiger partial charge in [-0.15, -0.1) is 11.3 Å². The Morgan fingerprint density at radius 3 is 2.40 bits per heavy atom. The van der Waals surface area contributed by atoms with E-state index < -0.39 is 5.92 Å². The molecule has 1 aromatic rings. The fourth-order valence-corrected chi connectivity index (χ4v) is 4.34. The molecule has 3 aliphatic carbocycles. The monoisotopic (exact) mass is 229 g/mol. The summed E-state index contributed by atoms with van der Waals surface area (Å²) in [5.74, 6) is -2.79. The molecule has 0 aliphatic heterocycles. The standard InChI is InChI=1S/C11H13F2NS/c1-9-4-11(5-9,6-9)8-14-7(3-15-8)10(2,12)13/h3H,4-6H2,1-2H3. The maximum Gasteiger partial charge on any atom is 0.287 e. The third-order valence-corrected chi connectivity index (χ3v) is 4.79. The van der Waals surface area contributed by atoms with Crippen molar-refractivity contribution in [3.05, 3.63) is 16.1 Å². The van der Waals surface area contributed by atoms with Gasteiger partial charge in [-0.3, -0.25) is 0 Å². The summed E-state index contributed by atoms with van der Waals surface area (Å²) in [7, 11) is 0. The van der Waals surface area contributed by atoms with Gasteiger partial charge in [0, 0.05) is 17.7 Å². The maximum atomic E-state index is 13.0. The molecule has 1 heterocycles. The fraction of sp³-hybridized carbons (Fsp3) is 0.727. The number of thiazole rings is 1. The topological polar surface area (TPSA) is 12.9 Å². The predicted octanol–water partition coefficient (Wildman–Crippen LogP) is 3.70. The summed E-state index contributed by atoms with van der Waals surface area (Å²) in [6.07, 6.45) is 3.42. The van der Waals surface area contributed by atoms with E-state index in [9.17, 15) is 8.78 Å². The first-order valence-electron chi connectivity index (χ1n) is 5.17. The van der Waals surface area contributed by atoms with Gasteiger partial charge in [0.2, 0.25) is 0 Å². The summed E-state index contributed by atoms with van der Waals surface area (Å²) in [6, 6.07) is 0. The molecule has 0 spiro atoms. The lowest BCUT2D eigenvalue weighted by atomic mass is 9.36. The zero-order valence-electron chi connectivity index (χ0n) is 8.81. The van der Waals surface area contributed by atoms with Gasteiger partial charge in [0.25, 0.3) is 5.92 Å². The first-order chi connectivity index (χ1) is 6.83. The van der Waals surface area contributed by atoms with E-state index >= 15 is 0 Å². The Labute approximate surface area is 91.5 Å². The number of aromatic nitrogens is 1. The maximum absolute atomic E-state index is 13.0. The molecule has 4 rings (SSSR count). The Hall–Kier alpha value is -0.510. The van der Waals surface area contributed by atoms with Gasteiger partial charge in [0.1, 0.15) is 5.69 Å². The molecular weight excluding hydrogens is 216 g/mol. The average Bonchev–Trinajstić information content (AvgIpc) is 2.43. The molecule has 4 heteroatoms. The van der Waals surface area contributed by atoms with Crippen molar-refractivity contribution >= 4 is 11.3 Å². The quantitative estimate of drug-likeness (QED) is 0.753. The summed E-state index contributed by atoms with van der Waals surface area (Å²) in [6.45, 7) is 3.17. The lowest BCUT2D eigenvalue weighted by Crippen LogP contribution is -2.62. The SMILES string of the molecule is CC12CC(c3nc(C(C)(F)F)cs3)(C1)C2. The van der Waals surface area contributed by atoms with Crippen LogP contribution < -0.4 is 0 Å². The number of hydrogen-bond acceptors (Lipinski definition) is 2. The van der Waals surface area contributed by atoms with Gasteiger partial charge in [0.05, 0.1) is 5.01 Å². The largest absolute Gasteiger partial charge is 0.287 e. The molecule has 3 saturated carbocycles. The molecule has 2 bridgehead atoms. The zero-order chi connectivity index (χ0) is 10.9. The highest BCUT2D eigenvalue weighted by molar-refractivity contribution is 7.09. The molecular formula is C11H13F2NS. The fourth-order valence-electron chi connectivity index (χ4n) is 3.24. The third kappa shape index (κ3) is 1.20. The van der Waals surface area contributed by atoms with E-state index in [0.717, 1.165) is 31.2 Å². The van der Waals surface area contributed by atoms with Crippen LogP contribution >= 0.6 is 11.3 Å². The van der Waals surface area contributed by atoms with E-state index in [4.69, 9.17) is 0 Å². The van der Waals surface area contributed by atoms with Crippen molar-refractivity contribution < 1.29 is 8.78 Å². The van der Waals surface area contributed by atoms with Crippen molar-refractivity contribution in [2.45, 2.75) is 44.4 Å². The van der Waals surface area contributed by atoms with Crippen LogP contribution in [0.4, 0.5) is 8.78 Å². The summed E-state index contributed by atoms with van der Waals surface area (Å²) in [4.78, 5) is 4.11. The molecule has 0 N–H and O–H groups in total. The third-order valence-electron chi connectivity index (χ3n) is 3.70. The van der Waals surface area contributed by atoms with Crippen molar-refractivity contribution in [3.8, 4) is 0 Å². The molecule has 0 atom stereocenters. The Morgan fingerprint density at radius 2 is 2.00 bits per heavy atom. The van der Waals surface area contributed by atoms with Gasteiger partial charge >= 0.3 is 0 Å². The van der Waals surface area contributed by atoms with Crippen LogP contribution in [0.1, 0.15) is 43.8 Å². The molecule has 0 unspecified atom stereocenters. The van der Waals surface area contributed by atoms with Gasteiger partial charge in [-0.25, -0.2) is 4.98 Å². The Morgan fingerprint density at radius 1 is 1.40 bits per heavy atom. The van der Waals surface area contributed by atoms with Crippen molar-refractivity contribution in [2.24, 2.45) is 5.41 Å². The van der Waals surface area contributed by atoms with Gasteiger partial charge in [0.15, 0.2) is 0 Å². The van der Waals surface area contributed by atoms with Gasteiger partial charge in [-0.05, 0) is 24.7 Å². The minimum Gasteiger partial charge on any atom is -0.239 e. The molecule has 1 nitrogen and oxygen atoms in total. The highest BCUT2D eigenvalue weighted by Crippen LogP contribution is 2.73. The zero-order valence-corrected chi connectivity index (χ0v) is 9.63. The van der Waals surface area contributed by atoms with E-state index in [1.54, 1.807) is 0 Å². The van der Waals surface area contributed by atoms with Crippen LogP contribution in [-0.2, 0) is 11.3 Å².